The van der Waals surface area contributed by atoms with Gasteiger partial charge in [0.15, 0.2) is 6.61 Å². The van der Waals surface area contributed by atoms with Crippen LogP contribution >= 0.6 is 0 Å². The number of carbonyl (C=O) groups is 2. The third kappa shape index (κ3) is 4.54. The molecule has 1 amide bonds. The maximum absolute atomic E-state index is 12.2. The minimum Gasteiger partial charge on any atom is -0.480 e. The molecular weight excluding hydrogens is 444 g/mol. The molecule has 0 aromatic carbocycles. The summed E-state index contributed by atoms with van der Waals surface area (Å²) in [4.78, 5) is 29.0. The lowest BCUT2D eigenvalue weighted by atomic mass is 9.46. The molecule has 3 saturated carbocycles. The summed E-state index contributed by atoms with van der Waals surface area (Å²) in [6, 6.07) is -0.919. The Bertz CT molecular complexity index is 911. The van der Waals surface area contributed by atoms with E-state index < -0.39 is 23.5 Å². The van der Waals surface area contributed by atoms with Crippen molar-refractivity contribution in [2.75, 3.05) is 6.61 Å². The molecule has 0 heterocycles. The fourth-order valence-corrected chi connectivity index (χ4v) is 7.96. The zero-order chi connectivity index (χ0) is 25.6. The fourth-order valence-electron chi connectivity index (χ4n) is 7.96. The molecule has 0 aliphatic heterocycles. The van der Waals surface area contributed by atoms with E-state index in [0.717, 1.165) is 44.2 Å². The van der Waals surface area contributed by atoms with Crippen molar-refractivity contribution in [3.05, 3.63) is 11.6 Å². The summed E-state index contributed by atoms with van der Waals surface area (Å²) in [6.45, 7) is 10.2. The van der Waals surface area contributed by atoms with Crippen molar-refractivity contribution < 1.29 is 24.6 Å². The number of aliphatic carboxylic acids is 1. The second kappa shape index (κ2) is 9.53. The van der Waals surface area contributed by atoms with Gasteiger partial charge in [-0.1, -0.05) is 44.8 Å². The number of aliphatic hydroxyl groups is 1. The van der Waals surface area contributed by atoms with Crippen LogP contribution in [0, 0.1) is 34.5 Å². The normalized spacial score (nSPS) is 41.1. The Morgan fingerprint density at radius 2 is 1.86 bits per heavy atom. The highest BCUT2D eigenvalue weighted by Gasteiger charge is 2.62. The predicted molar refractivity (Wildman–Crippen MR) is 135 cm³/mol. The number of carboxylic acid groups (broad SMARTS) is 1. The first-order chi connectivity index (χ1) is 16.4. The van der Waals surface area contributed by atoms with Gasteiger partial charge in [0.2, 0.25) is 0 Å². The molecule has 0 radical (unpaired) electrons. The number of amides is 1. The Morgan fingerprint density at radius 1 is 1.14 bits per heavy atom. The number of oxime groups is 1. The second-order valence-corrected chi connectivity index (χ2v) is 12.4. The molecule has 0 spiro atoms. The summed E-state index contributed by atoms with van der Waals surface area (Å²) in [6.07, 6.45) is 11.3. The Labute approximate surface area is 209 Å². The number of nitrogens with zero attached hydrogens (tertiary/aromatic N) is 1. The maximum Gasteiger partial charge on any atom is 0.326 e. The van der Waals surface area contributed by atoms with E-state index in [1.807, 2.05) is 13.8 Å². The third-order valence-corrected chi connectivity index (χ3v) is 10.7. The molecule has 4 rings (SSSR count). The van der Waals surface area contributed by atoms with E-state index >= 15 is 0 Å². The molecule has 7 heteroatoms. The first-order valence-electron chi connectivity index (χ1n) is 13.6. The van der Waals surface area contributed by atoms with Crippen LogP contribution in [0.15, 0.2) is 16.8 Å². The second-order valence-electron chi connectivity index (χ2n) is 12.4. The quantitative estimate of drug-likeness (QED) is 0.451. The van der Waals surface area contributed by atoms with Gasteiger partial charge in [-0.3, -0.25) is 4.79 Å². The largest absolute Gasteiger partial charge is 0.480 e. The standard InChI is InChI=1S/C28H44N2O5/c1-6-17(2)24(25(32)33)29-23(31)16-35-30-19-9-12-26(3)18(15-19)7-8-20-21(26)10-13-27(4)22(20)11-14-28(27,5)34/h15,17,20-22,24,34H,6-14,16H2,1-5H3,(H,29,31)(H,32,33)/b30-19+/t17-,20-,21+,22+,24+,26+,27+,28+/m1/s1. The molecule has 4 aliphatic rings. The molecule has 4 aliphatic carbocycles. The third-order valence-electron chi connectivity index (χ3n) is 10.7. The van der Waals surface area contributed by atoms with Gasteiger partial charge in [-0.05, 0) is 98.9 Å². The van der Waals surface area contributed by atoms with E-state index in [2.05, 4.69) is 37.3 Å². The molecule has 8 atom stereocenters. The van der Waals surface area contributed by atoms with Crippen molar-refractivity contribution in [2.24, 2.45) is 39.7 Å². The summed E-state index contributed by atoms with van der Waals surface area (Å²) in [7, 11) is 0. The number of carbonyl (C=O) groups excluding carboxylic acids is 1. The number of carboxylic acids is 1. The number of allylic oxidation sites excluding steroid dienone is 2. The highest BCUT2D eigenvalue weighted by Crippen LogP contribution is 2.67. The molecule has 3 N–H and O–H groups in total. The molecule has 0 unspecified atom stereocenters. The van der Waals surface area contributed by atoms with Crippen molar-refractivity contribution in [2.45, 2.75) is 104 Å². The molecule has 3 fully saturated rings. The van der Waals surface area contributed by atoms with E-state index in [9.17, 15) is 19.8 Å². The summed E-state index contributed by atoms with van der Waals surface area (Å²) in [5.41, 5.74) is 1.97. The molecule has 7 nitrogen and oxygen atoms in total. The summed E-state index contributed by atoms with van der Waals surface area (Å²) in [5, 5.41) is 27.3. The van der Waals surface area contributed by atoms with Crippen LogP contribution in [0.25, 0.3) is 0 Å². The molecule has 0 saturated heterocycles. The van der Waals surface area contributed by atoms with Crippen LogP contribution in [0.3, 0.4) is 0 Å². The van der Waals surface area contributed by atoms with E-state index in [4.69, 9.17) is 4.84 Å². The van der Waals surface area contributed by atoms with Gasteiger partial charge in [-0.25, -0.2) is 4.79 Å². The van der Waals surface area contributed by atoms with Gasteiger partial charge < -0.3 is 20.4 Å². The van der Waals surface area contributed by atoms with Crippen LogP contribution in [0.2, 0.25) is 0 Å². The predicted octanol–water partition coefficient (Wildman–Crippen LogP) is 4.69. The van der Waals surface area contributed by atoms with Crippen LogP contribution < -0.4 is 5.32 Å². The zero-order valence-corrected chi connectivity index (χ0v) is 22.1. The van der Waals surface area contributed by atoms with Crippen molar-refractivity contribution in [1.82, 2.24) is 5.32 Å². The van der Waals surface area contributed by atoms with E-state index in [-0.39, 0.29) is 23.4 Å². The van der Waals surface area contributed by atoms with Gasteiger partial charge in [0.1, 0.15) is 6.04 Å². The summed E-state index contributed by atoms with van der Waals surface area (Å²) < 4.78 is 0. The van der Waals surface area contributed by atoms with Crippen LogP contribution in [-0.2, 0) is 14.4 Å². The average Bonchev–Trinajstić information content (AvgIpc) is 3.05. The number of nitrogens with one attached hydrogen (secondary N) is 1. The van der Waals surface area contributed by atoms with Crippen molar-refractivity contribution in [3.63, 3.8) is 0 Å². The van der Waals surface area contributed by atoms with Gasteiger partial charge in [0.25, 0.3) is 5.91 Å². The van der Waals surface area contributed by atoms with Gasteiger partial charge in [-0.15, -0.1) is 0 Å². The first-order valence-corrected chi connectivity index (χ1v) is 13.6. The molecule has 0 bridgehead atoms. The van der Waals surface area contributed by atoms with Gasteiger partial charge >= 0.3 is 5.97 Å². The SMILES string of the molecule is CC[C@@H](C)[C@H](NC(=O)CO/N=C1/C=C2CC[C@@H]3[C@H](CC[C@@]4(C)[C@H]3CC[C@]4(C)O)[C@@]2(C)CC1)C(=O)O. The molecule has 0 aromatic rings. The van der Waals surface area contributed by atoms with E-state index in [0.29, 0.717) is 24.2 Å². The van der Waals surface area contributed by atoms with Crippen LogP contribution in [0.4, 0.5) is 0 Å². The minimum atomic E-state index is -1.03. The maximum atomic E-state index is 12.2. The lowest BCUT2D eigenvalue weighted by Crippen LogP contribution is -2.53. The van der Waals surface area contributed by atoms with Crippen LogP contribution in [0.1, 0.15) is 92.4 Å². The number of hydrogen-bond donors (Lipinski definition) is 3. The van der Waals surface area contributed by atoms with Gasteiger partial charge in [0.05, 0.1) is 11.3 Å². The lowest BCUT2D eigenvalue weighted by molar-refractivity contribution is -0.144. The zero-order valence-electron chi connectivity index (χ0n) is 22.1. The van der Waals surface area contributed by atoms with Crippen molar-refractivity contribution >= 4 is 17.6 Å². The Morgan fingerprint density at radius 3 is 2.54 bits per heavy atom. The molecule has 35 heavy (non-hydrogen) atoms. The van der Waals surface area contributed by atoms with Crippen molar-refractivity contribution in [1.29, 1.82) is 0 Å². The Balaban J connectivity index is 1.39. The summed E-state index contributed by atoms with van der Waals surface area (Å²) in [5.74, 6) is 0.277. The minimum absolute atomic E-state index is 0.0377. The van der Waals surface area contributed by atoms with Crippen LogP contribution in [0.5, 0.6) is 0 Å². The van der Waals surface area contributed by atoms with Crippen molar-refractivity contribution in [3.8, 4) is 0 Å². The Kier molecular flexibility index (Phi) is 7.13. The topological polar surface area (TPSA) is 108 Å². The van der Waals surface area contributed by atoms with Crippen LogP contribution in [-0.4, -0.2) is 46.1 Å². The highest BCUT2D eigenvalue weighted by atomic mass is 16.6. The lowest BCUT2D eigenvalue weighted by Gasteiger charge is -2.59. The monoisotopic (exact) mass is 488 g/mol. The number of rotatable bonds is 7. The van der Waals surface area contributed by atoms with E-state index in [1.165, 1.54) is 18.4 Å². The smallest absolute Gasteiger partial charge is 0.326 e. The fraction of sp³-hybridized carbons (Fsp3) is 0.821. The van der Waals surface area contributed by atoms with Gasteiger partial charge in [0, 0.05) is 0 Å². The molecule has 196 valence electrons. The first kappa shape index (κ1) is 26.2. The van der Waals surface area contributed by atoms with Gasteiger partial charge in [-0.2, -0.15) is 0 Å². The highest BCUT2D eigenvalue weighted by molar-refractivity contribution is 5.96. The average molecular weight is 489 g/mol. The number of hydrogen-bond acceptors (Lipinski definition) is 5. The molecule has 0 aromatic heterocycles. The van der Waals surface area contributed by atoms with E-state index in [1.54, 1.807) is 0 Å². The molecular formula is C28H44N2O5. The summed E-state index contributed by atoms with van der Waals surface area (Å²) >= 11 is 0. The number of fused-ring (bicyclic) bond motifs is 5. The Hall–Kier alpha value is -1.89.